The number of nitrogens with zero attached hydrogens (tertiary/aromatic N) is 1. The van der Waals surface area contributed by atoms with E-state index < -0.39 is 5.41 Å². The Morgan fingerprint density at radius 3 is 2.33 bits per heavy atom. The highest BCUT2D eigenvalue weighted by Crippen LogP contribution is 2.31. The van der Waals surface area contributed by atoms with Crippen LogP contribution in [0, 0.1) is 5.41 Å². The highest BCUT2D eigenvalue weighted by Gasteiger charge is 2.42. The second-order valence-electron chi connectivity index (χ2n) is 5.13. The van der Waals surface area contributed by atoms with Crippen LogP contribution in [0.2, 0.25) is 0 Å². The number of hydrogen-bond donors (Lipinski definition) is 2. The van der Waals surface area contributed by atoms with E-state index in [2.05, 4.69) is 5.32 Å². The summed E-state index contributed by atoms with van der Waals surface area (Å²) in [5, 5.41) is 2.80. The van der Waals surface area contributed by atoms with Crippen LogP contribution in [0.15, 0.2) is 0 Å². The van der Waals surface area contributed by atoms with E-state index in [1.165, 1.54) is 0 Å². The lowest BCUT2D eigenvalue weighted by Crippen LogP contribution is -2.52. The molecule has 7 heteroatoms. The summed E-state index contributed by atoms with van der Waals surface area (Å²) in [5.41, 5.74) is 4.94. The minimum atomic E-state index is -0.828. The second-order valence-corrected chi connectivity index (χ2v) is 5.57. The Bertz CT molecular complexity index is 391. The Balaban J connectivity index is 2.52. The van der Waals surface area contributed by atoms with Gasteiger partial charge in [-0.05, 0) is 26.7 Å². The second kappa shape index (κ2) is 8.29. The zero-order valence-corrected chi connectivity index (χ0v) is 13.6. The van der Waals surface area contributed by atoms with Crippen LogP contribution in [-0.2, 0) is 14.3 Å². The highest BCUT2D eigenvalue weighted by molar-refractivity contribution is 7.80. The molecule has 0 bridgehead atoms. The normalized spacial score (nSPS) is 17.0. The van der Waals surface area contributed by atoms with E-state index in [-0.39, 0.29) is 23.2 Å². The van der Waals surface area contributed by atoms with Crippen LogP contribution >= 0.6 is 12.2 Å². The first-order valence-corrected chi connectivity index (χ1v) is 7.82. The van der Waals surface area contributed by atoms with Gasteiger partial charge in [-0.2, -0.15) is 0 Å². The molecule has 0 aromatic rings. The average Bonchev–Trinajstić information content (AvgIpc) is 2.48. The SMILES string of the molecule is CCN(CC)C(=O)CCNC(=O)C1(C(N)=S)CCOCC1. The third kappa shape index (κ3) is 4.38. The zero-order valence-electron chi connectivity index (χ0n) is 12.8. The summed E-state index contributed by atoms with van der Waals surface area (Å²) in [6, 6.07) is 0. The van der Waals surface area contributed by atoms with E-state index in [0.29, 0.717) is 45.7 Å². The molecule has 1 rings (SSSR count). The molecule has 1 saturated heterocycles. The number of nitrogens with one attached hydrogen (secondary N) is 1. The summed E-state index contributed by atoms with van der Waals surface area (Å²) in [7, 11) is 0. The van der Waals surface area contributed by atoms with Crippen molar-refractivity contribution in [2.24, 2.45) is 11.1 Å². The molecule has 0 aliphatic carbocycles. The quantitative estimate of drug-likeness (QED) is 0.666. The molecule has 1 fully saturated rings. The number of ether oxygens (including phenoxy) is 1. The monoisotopic (exact) mass is 315 g/mol. The van der Waals surface area contributed by atoms with Gasteiger partial charge < -0.3 is 20.7 Å². The van der Waals surface area contributed by atoms with Gasteiger partial charge in [0.1, 0.15) is 5.41 Å². The van der Waals surface area contributed by atoms with Gasteiger partial charge in [-0.3, -0.25) is 9.59 Å². The molecule has 0 atom stereocenters. The summed E-state index contributed by atoms with van der Waals surface area (Å²) in [5.74, 6) is -0.151. The predicted molar refractivity (Wildman–Crippen MR) is 84.8 cm³/mol. The lowest BCUT2D eigenvalue weighted by molar-refractivity contribution is -0.132. The predicted octanol–water partition coefficient (Wildman–Crippen LogP) is 0.444. The number of amides is 2. The van der Waals surface area contributed by atoms with E-state index >= 15 is 0 Å². The Labute approximate surface area is 131 Å². The van der Waals surface area contributed by atoms with Crippen molar-refractivity contribution in [2.45, 2.75) is 33.1 Å². The summed E-state index contributed by atoms with van der Waals surface area (Å²) in [6.07, 6.45) is 1.29. The number of thiocarbonyl (C=S) groups is 1. The van der Waals surface area contributed by atoms with Crippen molar-refractivity contribution < 1.29 is 14.3 Å². The maximum absolute atomic E-state index is 12.4. The van der Waals surface area contributed by atoms with Crippen LogP contribution in [0.3, 0.4) is 0 Å². The molecular formula is C14H25N3O3S. The van der Waals surface area contributed by atoms with E-state index in [1.54, 1.807) is 4.90 Å². The lowest BCUT2D eigenvalue weighted by atomic mass is 9.79. The van der Waals surface area contributed by atoms with Crippen molar-refractivity contribution in [2.75, 3.05) is 32.8 Å². The minimum Gasteiger partial charge on any atom is -0.392 e. The number of carbonyl (C=O) groups is 2. The van der Waals surface area contributed by atoms with Gasteiger partial charge in [0.2, 0.25) is 11.8 Å². The van der Waals surface area contributed by atoms with Gasteiger partial charge >= 0.3 is 0 Å². The fraction of sp³-hybridized carbons (Fsp3) is 0.786. The van der Waals surface area contributed by atoms with Gasteiger partial charge in [0.05, 0.1) is 4.99 Å². The molecule has 0 unspecified atom stereocenters. The molecule has 2 amide bonds. The summed E-state index contributed by atoms with van der Waals surface area (Å²) >= 11 is 5.07. The maximum atomic E-state index is 12.4. The fourth-order valence-corrected chi connectivity index (χ4v) is 2.79. The summed E-state index contributed by atoms with van der Waals surface area (Å²) in [6.45, 7) is 6.48. The van der Waals surface area contributed by atoms with E-state index in [1.807, 2.05) is 13.8 Å². The van der Waals surface area contributed by atoms with Gasteiger partial charge in [-0.15, -0.1) is 0 Å². The molecule has 21 heavy (non-hydrogen) atoms. The topological polar surface area (TPSA) is 84.7 Å². The maximum Gasteiger partial charge on any atom is 0.233 e. The number of nitrogens with two attached hydrogens (primary N) is 1. The van der Waals surface area contributed by atoms with E-state index in [0.717, 1.165) is 0 Å². The molecule has 0 radical (unpaired) electrons. The molecular weight excluding hydrogens is 290 g/mol. The third-order valence-electron chi connectivity index (χ3n) is 3.99. The van der Waals surface area contributed by atoms with Crippen LogP contribution in [0.25, 0.3) is 0 Å². The largest absolute Gasteiger partial charge is 0.392 e. The molecule has 0 spiro atoms. The first kappa shape index (κ1) is 17.8. The summed E-state index contributed by atoms with van der Waals surface area (Å²) in [4.78, 5) is 26.2. The smallest absolute Gasteiger partial charge is 0.233 e. The first-order chi connectivity index (χ1) is 9.97. The standard InChI is InChI=1S/C14H25N3O3S/c1-3-17(4-2)11(18)5-8-16-13(19)14(12(15)21)6-9-20-10-7-14/h3-10H2,1-2H3,(H2,15,21)(H,16,19). The molecule has 3 N–H and O–H groups in total. The van der Waals surface area contributed by atoms with E-state index in [9.17, 15) is 9.59 Å². The Hall–Kier alpha value is -1.21. The molecule has 120 valence electrons. The number of rotatable bonds is 7. The Morgan fingerprint density at radius 1 is 1.29 bits per heavy atom. The third-order valence-corrected chi connectivity index (χ3v) is 4.38. The molecule has 1 aliphatic rings. The van der Waals surface area contributed by atoms with E-state index in [4.69, 9.17) is 22.7 Å². The fourth-order valence-electron chi connectivity index (χ4n) is 2.49. The van der Waals surface area contributed by atoms with Crippen LogP contribution < -0.4 is 11.1 Å². The first-order valence-electron chi connectivity index (χ1n) is 7.41. The van der Waals surface area contributed by atoms with Crippen molar-refractivity contribution in [3.05, 3.63) is 0 Å². The molecule has 0 aromatic carbocycles. The lowest BCUT2D eigenvalue weighted by Gasteiger charge is -2.34. The molecule has 0 saturated carbocycles. The molecule has 1 aliphatic heterocycles. The minimum absolute atomic E-state index is 0.0386. The average molecular weight is 315 g/mol. The van der Waals surface area contributed by atoms with Gasteiger partial charge in [0.15, 0.2) is 0 Å². The van der Waals surface area contributed by atoms with Crippen molar-refractivity contribution in [1.29, 1.82) is 0 Å². The van der Waals surface area contributed by atoms with Crippen molar-refractivity contribution in [3.63, 3.8) is 0 Å². The molecule has 1 heterocycles. The molecule has 6 nitrogen and oxygen atoms in total. The number of carbonyl (C=O) groups excluding carboxylic acids is 2. The van der Waals surface area contributed by atoms with Crippen LogP contribution in [0.1, 0.15) is 33.1 Å². The van der Waals surface area contributed by atoms with Gasteiger partial charge in [-0.25, -0.2) is 0 Å². The van der Waals surface area contributed by atoms with Crippen molar-refractivity contribution >= 4 is 29.0 Å². The van der Waals surface area contributed by atoms with Gasteiger partial charge in [-0.1, -0.05) is 12.2 Å². The number of hydrogen-bond acceptors (Lipinski definition) is 4. The zero-order chi connectivity index (χ0) is 15.9. The van der Waals surface area contributed by atoms with Crippen LogP contribution in [0.5, 0.6) is 0 Å². The summed E-state index contributed by atoms with van der Waals surface area (Å²) < 4.78 is 5.27. The Morgan fingerprint density at radius 2 is 1.86 bits per heavy atom. The van der Waals surface area contributed by atoms with Crippen molar-refractivity contribution in [1.82, 2.24) is 10.2 Å². The van der Waals surface area contributed by atoms with Crippen LogP contribution in [0.4, 0.5) is 0 Å². The molecule has 0 aromatic heterocycles. The van der Waals surface area contributed by atoms with Gasteiger partial charge in [0, 0.05) is 39.3 Å². The highest BCUT2D eigenvalue weighted by atomic mass is 32.1. The van der Waals surface area contributed by atoms with Crippen molar-refractivity contribution in [3.8, 4) is 0 Å². The Kier molecular flexibility index (Phi) is 7.04. The van der Waals surface area contributed by atoms with Crippen LogP contribution in [-0.4, -0.2) is 54.6 Å². The van der Waals surface area contributed by atoms with Gasteiger partial charge in [0.25, 0.3) is 0 Å².